The molecule has 4 rings (SSSR count). The first kappa shape index (κ1) is 17.1. The van der Waals surface area contributed by atoms with Crippen molar-refractivity contribution in [3.05, 3.63) is 54.2 Å². The van der Waals surface area contributed by atoms with Gasteiger partial charge in [-0.1, -0.05) is 12.1 Å². The third kappa shape index (κ3) is 3.26. The molecule has 1 N–H and O–H groups in total. The van der Waals surface area contributed by atoms with E-state index >= 15 is 0 Å². The molecule has 0 fully saturated rings. The first-order valence-corrected chi connectivity index (χ1v) is 9.11. The molecular weight excluding hydrogens is 340 g/mol. The van der Waals surface area contributed by atoms with Gasteiger partial charge in [0, 0.05) is 23.2 Å². The van der Waals surface area contributed by atoms with Gasteiger partial charge in [-0.25, -0.2) is 9.50 Å². The second-order valence-corrected chi connectivity index (χ2v) is 6.19. The van der Waals surface area contributed by atoms with Crippen molar-refractivity contribution >= 4 is 28.1 Å². The number of anilines is 2. The molecule has 4 aromatic rings. The van der Waals surface area contributed by atoms with E-state index < -0.39 is 0 Å². The summed E-state index contributed by atoms with van der Waals surface area (Å²) in [4.78, 5) is 4.77. The smallest absolute Gasteiger partial charge is 0.163 e. The van der Waals surface area contributed by atoms with E-state index in [0.717, 1.165) is 45.2 Å². The highest BCUT2D eigenvalue weighted by Crippen LogP contribution is 2.33. The van der Waals surface area contributed by atoms with Gasteiger partial charge >= 0.3 is 0 Å². The average molecular weight is 362 g/mol. The normalized spacial score (nSPS) is 11.1. The van der Waals surface area contributed by atoms with Gasteiger partial charge in [-0.15, -0.1) is 0 Å². The summed E-state index contributed by atoms with van der Waals surface area (Å²) in [5.41, 5.74) is 3.64. The largest absolute Gasteiger partial charge is 0.490 e. The first-order valence-electron chi connectivity index (χ1n) is 9.11. The lowest BCUT2D eigenvalue weighted by Gasteiger charge is -2.14. The van der Waals surface area contributed by atoms with E-state index in [9.17, 15) is 0 Å². The lowest BCUT2D eigenvalue weighted by Crippen LogP contribution is -2.02. The third-order valence-corrected chi connectivity index (χ3v) is 4.23. The Morgan fingerprint density at radius 3 is 2.56 bits per heavy atom. The topological polar surface area (TPSA) is 60.7 Å². The van der Waals surface area contributed by atoms with E-state index in [4.69, 9.17) is 14.5 Å². The van der Waals surface area contributed by atoms with Crippen molar-refractivity contribution in [1.29, 1.82) is 0 Å². The van der Waals surface area contributed by atoms with Crippen molar-refractivity contribution in [2.45, 2.75) is 20.8 Å². The number of aryl methyl sites for hydroxylation is 1. The van der Waals surface area contributed by atoms with Crippen molar-refractivity contribution in [3.63, 3.8) is 0 Å². The van der Waals surface area contributed by atoms with E-state index in [1.807, 2.05) is 73.8 Å². The van der Waals surface area contributed by atoms with Gasteiger partial charge in [0.05, 0.1) is 24.4 Å². The fraction of sp³-hybridized carbons (Fsp3) is 0.238. The Morgan fingerprint density at radius 1 is 0.963 bits per heavy atom. The molecule has 0 spiro atoms. The Balaban J connectivity index is 1.79. The zero-order valence-electron chi connectivity index (χ0n) is 15.7. The highest BCUT2D eigenvalue weighted by Gasteiger charge is 2.12. The number of rotatable bonds is 6. The van der Waals surface area contributed by atoms with Gasteiger partial charge in [0.1, 0.15) is 5.82 Å². The maximum absolute atomic E-state index is 5.73. The molecule has 0 aliphatic rings. The molecule has 2 aromatic carbocycles. The molecule has 0 amide bonds. The van der Waals surface area contributed by atoms with Gasteiger partial charge in [0.15, 0.2) is 17.1 Å². The molecule has 0 saturated carbocycles. The van der Waals surface area contributed by atoms with Crippen LogP contribution in [0.15, 0.2) is 48.5 Å². The van der Waals surface area contributed by atoms with Gasteiger partial charge < -0.3 is 14.8 Å². The molecule has 2 heterocycles. The van der Waals surface area contributed by atoms with Crippen LogP contribution < -0.4 is 14.8 Å². The van der Waals surface area contributed by atoms with E-state index in [2.05, 4.69) is 10.4 Å². The number of hydrogen-bond donors (Lipinski definition) is 1. The van der Waals surface area contributed by atoms with E-state index in [-0.39, 0.29) is 0 Å². The van der Waals surface area contributed by atoms with Gasteiger partial charge in [-0.3, -0.25) is 0 Å². The number of hydrogen-bond acceptors (Lipinski definition) is 5. The summed E-state index contributed by atoms with van der Waals surface area (Å²) in [6, 6.07) is 15.9. The number of fused-ring (bicyclic) bond motifs is 3. The predicted octanol–water partition coefficient (Wildman–Crippen LogP) is 4.73. The van der Waals surface area contributed by atoms with E-state index in [1.54, 1.807) is 0 Å². The Hall–Kier alpha value is -3.28. The van der Waals surface area contributed by atoms with Crippen LogP contribution in [0.2, 0.25) is 0 Å². The summed E-state index contributed by atoms with van der Waals surface area (Å²) < 4.78 is 13.2. The number of ether oxygens (including phenoxy) is 2. The zero-order valence-corrected chi connectivity index (χ0v) is 15.7. The van der Waals surface area contributed by atoms with Gasteiger partial charge in [0.25, 0.3) is 0 Å². The lowest BCUT2D eigenvalue weighted by atomic mass is 10.2. The minimum atomic E-state index is 0.575. The number of para-hydroxylation sites is 1. The molecule has 0 radical (unpaired) electrons. The highest BCUT2D eigenvalue weighted by atomic mass is 16.5. The van der Waals surface area contributed by atoms with Gasteiger partial charge in [-0.2, -0.15) is 5.10 Å². The Labute approximate surface area is 157 Å². The molecule has 0 atom stereocenters. The standard InChI is InChI=1S/C21H22N4O2/c1-4-26-18-11-10-15(13-19(18)27-5-2)22-21-16-8-6-7-9-17(16)25-20(23-21)12-14(3)24-25/h6-13H,4-5H2,1-3H3,(H,22,23). The van der Waals surface area contributed by atoms with Crippen LogP contribution in [0.3, 0.4) is 0 Å². The number of nitrogens with zero attached hydrogens (tertiary/aromatic N) is 3. The number of aromatic nitrogens is 3. The van der Waals surface area contributed by atoms with Crippen molar-refractivity contribution in [2.24, 2.45) is 0 Å². The number of nitrogens with one attached hydrogen (secondary N) is 1. The van der Waals surface area contributed by atoms with Crippen molar-refractivity contribution in [3.8, 4) is 11.5 Å². The third-order valence-electron chi connectivity index (χ3n) is 4.23. The summed E-state index contributed by atoms with van der Waals surface area (Å²) in [7, 11) is 0. The molecule has 0 unspecified atom stereocenters. The molecule has 6 nitrogen and oxygen atoms in total. The van der Waals surface area contributed by atoms with Crippen LogP contribution in [0.1, 0.15) is 19.5 Å². The van der Waals surface area contributed by atoms with Crippen LogP contribution in [0, 0.1) is 6.92 Å². The van der Waals surface area contributed by atoms with Crippen molar-refractivity contribution < 1.29 is 9.47 Å². The minimum absolute atomic E-state index is 0.575. The second-order valence-electron chi connectivity index (χ2n) is 6.19. The molecule has 0 bridgehead atoms. The molecule has 0 aliphatic carbocycles. The van der Waals surface area contributed by atoms with Crippen molar-refractivity contribution in [2.75, 3.05) is 18.5 Å². The SMILES string of the molecule is CCOc1ccc(Nc2nc3cc(C)nn3c3ccccc23)cc1OCC. The summed E-state index contributed by atoms with van der Waals surface area (Å²) >= 11 is 0. The first-order chi connectivity index (χ1) is 13.2. The molecule has 27 heavy (non-hydrogen) atoms. The fourth-order valence-corrected chi connectivity index (χ4v) is 3.14. The summed E-state index contributed by atoms with van der Waals surface area (Å²) in [5.74, 6) is 2.24. The maximum Gasteiger partial charge on any atom is 0.163 e. The van der Waals surface area contributed by atoms with Gasteiger partial charge in [-0.05, 0) is 45.0 Å². The lowest BCUT2D eigenvalue weighted by molar-refractivity contribution is 0.288. The molecule has 0 saturated heterocycles. The van der Waals surface area contributed by atoms with Crippen molar-refractivity contribution in [1.82, 2.24) is 14.6 Å². The monoisotopic (exact) mass is 362 g/mol. The summed E-state index contributed by atoms with van der Waals surface area (Å²) in [5, 5.41) is 8.98. The number of benzene rings is 2. The molecule has 6 heteroatoms. The van der Waals surface area contributed by atoms with Crippen LogP contribution in [0.25, 0.3) is 16.6 Å². The quantitative estimate of drug-likeness (QED) is 0.537. The molecule has 138 valence electrons. The van der Waals surface area contributed by atoms with Crippen LogP contribution in [-0.2, 0) is 0 Å². The van der Waals surface area contributed by atoms with E-state index in [0.29, 0.717) is 13.2 Å². The van der Waals surface area contributed by atoms with Crippen LogP contribution in [0.5, 0.6) is 11.5 Å². The maximum atomic E-state index is 5.73. The molecule has 2 aromatic heterocycles. The van der Waals surface area contributed by atoms with Crippen LogP contribution >= 0.6 is 0 Å². The van der Waals surface area contributed by atoms with Gasteiger partial charge in [0.2, 0.25) is 0 Å². The Kier molecular flexibility index (Phi) is 4.54. The second kappa shape index (κ2) is 7.15. The van der Waals surface area contributed by atoms with Crippen LogP contribution in [-0.4, -0.2) is 27.8 Å². The Bertz CT molecular complexity index is 1100. The zero-order chi connectivity index (χ0) is 18.8. The summed E-state index contributed by atoms with van der Waals surface area (Å²) in [6.07, 6.45) is 0. The van der Waals surface area contributed by atoms with Crippen LogP contribution in [0.4, 0.5) is 11.5 Å². The minimum Gasteiger partial charge on any atom is -0.490 e. The molecular formula is C21H22N4O2. The predicted molar refractivity (Wildman–Crippen MR) is 107 cm³/mol. The summed E-state index contributed by atoms with van der Waals surface area (Å²) in [6.45, 7) is 7.06. The fourth-order valence-electron chi connectivity index (χ4n) is 3.14. The van der Waals surface area contributed by atoms with E-state index in [1.165, 1.54) is 0 Å². The average Bonchev–Trinajstić information content (AvgIpc) is 3.05. The highest BCUT2D eigenvalue weighted by molar-refractivity contribution is 5.93. The molecule has 0 aliphatic heterocycles. The Morgan fingerprint density at radius 2 is 1.74 bits per heavy atom.